The van der Waals surface area contributed by atoms with E-state index in [1.807, 2.05) is 11.5 Å². The molecule has 1 aromatic heterocycles. The van der Waals surface area contributed by atoms with Crippen molar-refractivity contribution in [2.45, 2.75) is 58.9 Å². The fraction of sp³-hybridized carbons (Fsp3) is 0.615. The minimum atomic E-state index is -3.73. The predicted octanol–water partition coefficient (Wildman–Crippen LogP) is 3.81. The maximum atomic E-state index is 13.5. The first kappa shape index (κ1) is 24.9. The number of sulfonamides is 1. The highest BCUT2D eigenvalue weighted by Crippen LogP contribution is 2.28. The largest absolute Gasteiger partial charge is 0.347 e. The van der Waals surface area contributed by atoms with E-state index in [0.717, 1.165) is 12.8 Å². The van der Waals surface area contributed by atoms with Gasteiger partial charge < -0.3 is 9.47 Å². The number of rotatable bonds is 4. The molecule has 0 saturated carbocycles. The Morgan fingerprint density at radius 2 is 1.50 bits per heavy atom. The molecule has 3 heterocycles. The summed E-state index contributed by atoms with van der Waals surface area (Å²) in [6, 6.07) is 4.76. The summed E-state index contributed by atoms with van der Waals surface area (Å²) in [6.07, 6.45) is 3.71. The lowest BCUT2D eigenvalue weighted by molar-refractivity contribution is 0.0621. The minimum Gasteiger partial charge on any atom is -0.347 e. The van der Waals surface area contributed by atoms with Crippen LogP contribution in [0.25, 0.3) is 10.9 Å². The van der Waals surface area contributed by atoms with Gasteiger partial charge in [-0.3, -0.25) is 9.59 Å². The molecule has 0 radical (unpaired) electrons. The van der Waals surface area contributed by atoms with Crippen LogP contribution in [-0.4, -0.2) is 54.3 Å². The molecule has 2 aliphatic rings. The van der Waals surface area contributed by atoms with Crippen LogP contribution in [0.5, 0.6) is 0 Å². The summed E-state index contributed by atoms with van der Waals surface area (Å²) in [5.74, 6) is 1.07. The highest BCUT2D eigenvalue weighted by atomic mass is 32.2. The van der Waals surface area contributed by atoms with E-state index < -0.39 is 15.5 Å². The van der Waals surface area contributed by atoms with Crippen molar-refractivity contribution in [1.29, 1.82) is 0 Å². The molecule has 0 aliphatic carbocycles. The van der Waals surface area contributed by atoms with Crippen molar-refractivity contribution in [3.05, 3.63) is 40.2 Å². The van der Waals surface area contributed by atoms with Crippen LogP contribution in [0.15, 0.2) is 34.1 Å². The van der Waals surface area contributed by atoms with E-state index in [1.54, 1.807) is 23.2 Å². The second-order valence-electron chi connectivity index (χ2n) is 10.8. The number of aryl methyl sites for hydroxylation is 1. The van der Waals surface area contributed by atoms with Crippen LogP contribution >= 0.6 is 0 Å². The third-order valence-electron chi connectivity index (χ3n) is 7.25. The van der Waals surface area contributed by atoms with Gasteiger partial charge >= 0.3 is 0 Å². The molecular weight excluding hydrogens is 450 g/mol. The Morgan fingerprint density at radius 1 is 0.941 bits per heavy atom. The number of carbonyl (C=O) groups is 1. The van der Waals surface area contributed by atoms with Crippen molar-refractivity contribution in [2.75, 3.05) is 26.2 Å². The molecule has 2 aromatic rings. The number of piperidine rings is 2. The maximum absolute atomic E-state index is 13.5. The van der Waals surface area contributed by atoms with E-state index in [1.165, 1.54) is 10.4 Å². The highest BCUT2D eigenvalue weighted by Gasteiger charge is 2.33. The number of hydrogen-bond acceptors (Lipinski definition) is 4. The molecule has 1 amide bonds. The van der Waals surface area contributed by atoms with E-state index in [4.69, 9.17) is 0 Å². The summed E-state index contributed by atoms with van der Waals surface area (Å²) in [6.45, 7) is 13.1. The first-order chi connectivity index (χ1) is 16.0. The second-order valence-corrected chi connectivity index (χ2v) is 12.7. The zero-order valence-electron chi connectivity index (χ0n) is 21.0. The number of carbonyl (C=O) groups excluding carboxylic acids is 1. The van der Waals surface area contributed by atoms with E-state index in [9.17, 15) is 18.0 Å². The van der Waals surface area contributed by atoms with Gasteiger partial charge in [0.1, 0.15) is 5.56 Å². The summed E-state index contributed by atoms with van der Waals surface area (Å²) in [4.78, 5) is 28.8. The van der Waals surface area contributed by atoms with E-state index in [-0.39, 0.29) is 33.6 Å². The summed E-state index contributed by atoms with van der Waals surface area (Å²) in [7, 11) is -3.73. The molecule has 2 fully saturated rings. The van der Waals surface area contributed by atoms with Crippen LogP contribution in [0.4, 0.5) is 0 Å². The van der Waals surface area contributed by atoms with Crippen molar-refractivity contribution >= 4 is 26.8 Å². The zero-order chi connectivity index (χ0) is 24.8. The van der Waals surface area contributed by atoms with Crippen molar-refractivity contribution in [2.24, 2.45) is 23.7 Å². The summed E-state index contributed by atoms with van der Waals surface area (Å²) >= 11 is 0. The molecule has 2 saturated heterocycles. The third kappa shape index (κ3) is 4.67. The molecule has 34 heavy (non-hydrogen) atoms. The SMILES string of the molecule is CCn1cc(C(=O)N2C[C@H](C)C[C@H](C)C2)c(=O)c2cc(S(=O)(=O)N3C[C@H](C)C[C@H](C)C3)ccc21. The topological polar surface area (TPSA) is 79.7 Å². The molecule has 7 nitrogen and oxygen atoms in total. The number of fused-ring (bicyclic) bond motifs is 1. The van der Waals surface area contributed by atoms with Gasteiger partial charge in [-0.25, -0.2) is 8.42 Å². The molecule has 4 atom stereocenters. The Labute approximate surface area is 202 Å². The number of benzene rings is 1. The van der Waals surface area contributed by atoms with Gasteiger partial charge in [-0.15, -0.1) is 0 Å². The fourth-order valence-electron chi connectivity index (χ4n) is 5.90. The molecule has 0 unspecified atom stereocenters. The van der Waals surface area contributed by atoms with Crippen LogP contribution in [0.2, 0.25) is 0 Å². The van der Waals surface area contributed by atoms with Crippen LogP contribution in [-0.2, 0) is 16.6 Å². The lowest BCUT2D eigenvalue weighted by atomic mass is 9.91. The Morgan fingerprint density at radius 3 is 2.06 bits per heavy atom. The van der Waals surface area contributed by atoms with E-state index in [0.29, 0.717) is 50.1 Å². The van der Waals surface area contributed by atoms with Gasteiger partial charge in [-0.05, 0) is 61.6 Å². The van der Waals surface area contributed by atoms with E-state index in [2.05, 4.69) is 27.7 Å². The molecule has 8 heteroatoms. The Hall–Kier alpha value is -2.19. The number of hydrogen-bond donors (Lipinski definition) is 0. The molecule has 186 valence electrons. The summed E-state index contributed by atoms with van der Waals surface area (Å²) in [5, 5.41) is 0.282. The third-order valence-corrected chi connectivity index (χ3v) is 9.08. The molecule has 0 spiro atoms. The summed E-state index contributed by atoms with van der Waals surface area (Å²) in [5.41, 5.74) is 0.363. The van der Waals surface area contributed by atoms with Gasteiger partial charge in [0.05, 0.1) is 10.4 Å². The molecule has 0 bridgehead atoms. The molecular formula is C26H37N3O4S. The van der Waals surface area contributed by atoms with Crippen molar-refractivity contribution in [3.8, 4) is 0 Å². The van der Waals surface area contributed by atoms with Crippen molar-refractivity contribution < 1.29 is 13.2 Å². The van der Waals surface area contributed by atoms with Gasteiger partial charge in [-0.1, -0.05) is 27.7 Å². The molecule has 0 N–H and O–H groups in total. The first-order valence-electron chi connectivity index (χ1n) is 12.5. The first-order valence-corrected chi connectivity index (χ1v) is 13.9. The second kappa shape index (κ2) is 9.46. The average molecular weight is 488 g/mol. The quantitative estimate of drug-likeness (QED) is 0.657. The minimum absolute atomic E-state index is 0.116. The van der Waals surface area contributed by atoms with Gasteiger partial charge in [-0.2, -0.15) is 4.31 Å². The highest BCUT2D eigenvalue weighted by molar-refractivity contribution is 7.89. The number of amides is 1. The van der Waals surface area contributed by atoms with Crippen LogP contribution < -0.4 is 5.43 Å². The monoisotopic (exact) mass is 487 g/mol. The van der Waals surface area contributed by atoms with Crippen LogP contribution in [0.3, 0.4) is 0 Å². The van der Waals surface area contributed by atoms with Crippen LogP contribution in [0, 0.1) is 23.7 Å². The van der Waals surface area contributed by atoms with Crippen molar-refractivity contribution in [1.82, 2.24) is 13.8 Å². The van der Waals surface area contributed by atoms with Gasteiger partial charge in [0, 0.05) is 44.3 Å². The smallest absolute Gasteiger partial charge is 0.259 e. The van der Waals surface area contributed by atoms with Gasteiger partial charge in [0.25, 0.3) is 5.91 Å². The number of aromatic nitrogens is 1. The number of nitrogens with zero attached hydrogens (tertiary/aromatic N) is 3. The van der Waals surface area contributed by atoms with E-state index >= 15 is 0 Å². The number of likely N-dealkylation sites (tertiary alicyclic amines) is 1. The fourth-order valence-corrected chi connectivity index (χ4v) is 7.61. The Bertz CT molecular complexity index is 1230. The normalized spacial score (nSPS) is 26.7. The van der Waals surface area contributed by atoms with Gasteiger partial charge in [0.15, 0.2) is 0 Å². The standard InChI is InChI=1S/C26H37N3O4S/c1-6-27-16-23(26(31)28-12-17(2)9-18(3)13-28)25(30)22-11-21(7-8-24(22)27)34(32,33)29-14-19(4)10-20(5)15-29/h7-8,11,16-20H,6,9-10,12-15H2,1-5H3/t17-,18+,19-,20+. The predicted molar refractivity (Wildman–Crippen MR) is 134 cm³/mol. The maximum Gasteiger partial charge on any atom is 0.259 e. The number of pyridine rings is 1. The molecule has 4 rings (SSSR count). The Kier molecular flexibility index (Phi) is 6.93. The average Bonchev–Trinajstić information content (AvgIpc) is 2.77. The van der Waals surface area contributed by atoms with Crippen LogP contribution in [0.1, 0.15) is 57.8 Å². The van der Waals surface area contributed by atoms with Gasteiger partial charge in [0.2, 0.25) is 15.5 Å². The molecule has 1 aromatic carbocycles. The lowest BCUT2D eigenvalue weighted by Gasteiger charge is -2.35. The Balaban J connectivity index is 1.78. The molecule has 2 aliphatic heterocycles. The zero-order valence-corrected chi connectivity index (χ0v) is 21.8. The lowest BCUT2D eigenvalue weighted by Crippen LogP contribution is -2.44. The van der Waals surface area contributed by atoms with Crippen molar-refractivity contribution in [3.63, 3.8) is 0 Å². The summed E-state index contributed by atoms with van der Waals surface area (Å²) < 4.78 is 30.3.